The molecular weight excluding hydrogens is 452 g/mol. The molecule has 1 heterocycles. The van der Waals surface area contributed by atoms with Crippen LogP contribution in [0.2, 0.25) is 5.02 Å². The van der Waals surface area contributed by atoms with Gasteiger partial charge in [-0.1, -0.05) is 39.7 Å². The summed E-state index contributed by atoms with van der Waals surface area (Å²) in [6.07, 6.45) is 0.405. The Morgan fingerprint density at radius 1 is 1.07 bits per heavy atom. The Labute approximate surface area is 183 Å². The Balaban J connectivity index is 1.75. The third kappa shape index (κ3) is 4.47. The molecule has 2 unspecified atom stereocenters. The molecule has 0 radical (unpaired) electrons. The molecule has 2 N–H and O–H groups in total. The highest BCUT2D eigenvalue weighted by molar-refractivity contribution is 9.10. The van der Waals surface area contributed by atoms with Gasteiger partial charge in [0.1, 0.15) is 17.7 Å². The van der Waals surface area contributed by atoms with E-state index in [1.807, 2.05) is 60.7 Å². The first kappa shape index (κ1) is 20.0. The molecule has 0 saturated carbocycles. The van der Waals surface area contributed by atoms with Crippen molar-refractivity contribution in [3.63, 3.8) is 0 Å². The number of nitrogens with zero attached hydrogens (tertiary/aromatic N) is 1. The largest absolute Gasteiger partial charge is 0.508 e. The van der Waals surface area contributed by atoms with Crippen molar-refractivity contribution < 1.29 is 9.84 Å². The number of methoxy groups -OCH3 is 1. The van der Waals surface area contributed by atoms with E-state index in [0.29, 0.717) is 11.4 Å². The van der Waals surface area contributed by atoms with Crippen LogP contribution >= 0.6 is 27.5 Å². The summed E-state index contributed by atoms with van der Waals surface area (Å²) in [7, 11) is 1.65. The van der Waals surface area contributed by atoms with Crippen molar-refractivity contribution in [2.45, 2.75) is 18.6 Å². The van der Waals surface area contributed by atoms with E-state index in [2.05, 4.69) is 21.2 Å². The van der Waals surface area contributed by atoms with Gasteiger partial charge >= 0.3 is 0 Å². The van der Waals surface area contributed by atoms with E-state index in [0.717, 1.165) is 32.6 Å². The third-order valence-corrected chi connectivity index (χ3v) is 5.76. The van der Waals surface area contributed by atoms with Gasteiger partial charge in [-0.15, -0.1) is 0 Å². The van der Waals surface area contributed by atoms with Crippen molar-refractivity contribution in [3.05, 3.63) is 92.9 Å². The summed E-state index contributed by atoms with van der Waals surface area (Å²) in [5.41, 5.74) is 3.85. The molecule has 4 nitrogen and oxygen atoms in total. The van der Waals surface area contributed by atoms with E-state index in [4.69, 9.17) is 21.3 Å². The molecule has 2 atom stereocenters. The number of phenolic OH excluding ortho intramolecular Hbond substituents is 1. The molecule has 0 fully saturated rings. The van der Waals surface area contributed by atoms with Crippen molar-refractivity contribution >= 4 is 33.2 Å². The zero-order valence-electron chi connectivity index (χ0n) is 15.8. The molecule has 0 spiro atoms. The quantitative estimate of drug-likeness (QED) is 0.488. The Kier molecular flexibility index (Phi) is 5.90. The zero-order chi connectivity index (χ0) is 20.4. The van der Waals surface area contributed by atoms with E-state index in [-0.39, 0.29) is 18.0 Å². The molecule has 1 aliphatic heterocycles. The molecule has 29 heavy (non-hydrogen) atoms. The van der Waals surface area contributed by atoms with Crippen molar-refractivity contribution in [2.24, 2.45) is 4.99 Å². The van der Waals surface area contributed by atoms with Gasteiger partial charge in [0.05, 0.1) is 7.11 Å². The number of phenols is 1. The smallest absolute Gasteiger partial charge is 0.126 e. The molecule has 4 rings (SSSR count). The normalized spacial score (nSPS) is 18.9. The summed E-state index contributed by atoms with van der Waals surface area (Å²) in [5, 5.41) is 14.7. The van der Waals surface area contributed by atoms with Crippen LogP contribution in [0.4, 0.5) is 0 Å². The molecule has 0 aliphatic carbocycles. The maximum Gasteiger partial charge on any atom is 0.126 e. The highest BCUT2D eigenvalue weighted by atomic mass is 79.9. The Hall–Kier alpha value is -2.34. The van der Waals surface area contributed by atoms with Crippen LogP contribution in [0.3, 0.4) is 0 Å². The number of nitrogens with one attached hydrogen (secondary N) is 1. The lowest BCUT2D eigenvalue weighted by Crippen LogP contribution is -2.33. The first-order chi connectivity index (χ1) is 14.0. The predicted octanol–water partition coefficient (Wildman–Crippen LogP) is 6.04. The minimum atomic E-state index is -0.249. The summed E-state index contributed by atoms with van der Waals surface area (Å²) in [5.74, 6) is 1.07. The minimum absolute atomic E-state index is 0.0946. The van der Waals surface area contributed by atoms with Gasteiger partial charge in [-0.3, -0.25) is 10.3 Å². The number of benzene rings is 3. The van der Waals surface area contributed by atoms with E-state index in [1.165, 1.54) is 0 Å². The number of hydrogen-bond donors (Lipinski definition) is 2. The molecular formula is C23H20BrClN2O2. The summed E-state index contributed by atoms with van der Waals surface area (Å²) in [6, 6.07) is 20.9. The lowest BCUT2D eigenvalue weighted by molar-refractivity contribution is 0.412. The average molecular weight is 472 g/mol. The van der Waals surface area contributed by atoms with Crippen molar-refractivity contribution in [2.75, 3.05) is 7.11 Å². The summed E-state index contributed by atoms with van der Waals surface area (Å²) >= 11 is 9.57. The number of aliphatic imine (C=N–C) groups is 1. The van der Waals surface area contributed by atoms with Gasteiger partial charge < -0.3 is 9.84 Å². The average Bonchev–Trinajstić information content (AvgIpc) is 2.75. The summed E-state index contributed by atoms with van der Waals surface area (Å²) in [4.78, 5) is 4.96. The molecule has 0 saturated heterocycles. The monoisotopic (exact) mass is 470 g/mol. The fourth-order valence-electron chi connectivity index (χ4n) is 3.48. The van der Waals surface area contributed by atoms with Gasteiger partial charge in [0.15, 0.2) is 0 Å². The fraction of sp³-hybridized carbons (Fsp3) is 0.174. The molecule has 0 aromatic heterocycles. The van der Waals surface area contributed by atoms with E-state index >= 15 is 0 Å². The minimum Gasteiger partial charge on any atom is -0.508 e. The molecule has 3 aromatic carbocycles. The van der Waals surface area contributed by atoms with Crippen molar-refractivity contribution in [1.29, 1.82) is 0 Å². The van der Waals surface area contributed by atoms with E-state index in [9.17, 15) is 5.11 Å². The summed E-state index contributed by atoms with van der Waals surface area (Å²) < 4.78 is 6.19. The SMILES string of the molecule is COc1ccc(C2=NC(c3ccc(Cl)cc3)NC(c3cc(Br)ccc3O)C2)cc1. The van der Waals surface area contributed by atoms with E-state index < -0.39 is 0 Å². The maximum absolute atomic E-state index is 10.5. The van der Waals surface area contributed by atoms with Gasteiger partial charge in [-0.2, -0.15) is 0 Å². The Morgan fingerprint density at radius 3 is 2.48 bits per heavy atom. The number of rotatable bonds is 4. The topological polar surface area (TPSA) is 53.8 Å². The standard InChI is InChI=1S/C23H20BrClN2O2/c1-29-18-9-4-14(5-10-18)20-13-21(19-12-16(24)6-11-22(19)28)27-23(26-20)15-2-7-17(25)8-3-15/h2-12,21,23,27-28H,13H2,1H3. The number of ether oxygens (including phenoxy) is 1. The summed E-state index contributed by atoms with van der Waals surface area (Å²) in [6.45, 7) is 0. The van der Waals surface area contributed by atoms with Gasteiger partial charge in [-0.25, -0.2) is 0 Å². The molecule has 1 aliphatic rings. The van der Waals surface area contributed by atoms with Crippen LogP contribution in [0, 0.1) is 0 Å². The number of hydrogen-bond acceptors (Lipinski definition) is 4. The van der Waals surface area contributed by atoms with Crippen LogP contribution in [0.15, 0.2) is 76.2 Å². The zero-order valence-corrected chi connectivity index (χ0v) is 18.1. The van der Waals surface area contributed by atoms with Crippen LogP contribution in [0.25, 0.3) is 0 Å². The number of halogens is 2. The first-order valence-corrected chi connectivity index (χ1v) is 10.4. The van der Waals surface area contributed by atoms with Gasteiger partial charge in [-0.05, 0) is 65.7 Å². The predicted molar refractivity (Wildman–Crippen MR) is 120 cm³/mol. The fourth-order valence-corrected chi connectivity index (χ4v) is 3.99. The second-order valence-electron chi connectivity index (χ2n) is 6.88. The second-order valence-corrected chi connectivity index (χ2v) is 8.24. The van der Waals surface area contributed by atoms with Crippen LogP contribution in [0.5, 0.6) is 11.5 Å². The first-order valence-electron chi connectivity index (χ1n) is 9.24. The second kappa shape index (κ2) is 8.57. The molecule has 3 aromatic rings. The van der Waals surface area contributed by atoms with Crippen LogP contribution in [0.1, 0.15) is 35.3 Å². The maximum atomic E-state index is 10.5. The van der Waals surface area contributed by atoms with Gasteiger partial charge in [0.25, 0.3) is 0 Å². The Bertz CT molecular complexity index is 1040. The molecule has 0 bridgehead atoms. The van der Waals surface area contributed by atoms with Crippen molar-refractivity contribution in [1.82, 2.24) is 5.32 Å². The van der Waals surface area contributed by atoms with Crippen LogP contribution in [-0.4, -0.2) is 17.9 Å². The van der Waals surface area contributed by atoms with Crippen molar-refractivity contribution in [3.8, 4) is 11.5 Å². The van der Waals surface area contributed by atoms with Gasteiger partial charge in [0.2, 0.25) is 0 Å². The highest BCUT2D eigenvalue weighted by Crippen LogP contribution is 2.36. The highest BCUT2D eigenvalue weighted by Gasteiger charge is 2.27. The third-order valence-electron chi connectivity index (χ3n) is 5.02. The molecule has 6 heteroatoms. The van der Waals surface area contributed by atoms with E-state index in [1.54, 1.807) is 13.2 Å². The number of aromatic hydroxyl groups is 1. The molecule has 148 valence electrons. The lowest BCUT2D eigenvalue weighted by atomic mass is 9.93. The van der Waals surface area contributed by atoms with Gasteiger partial charge in [0, 0.05) is 33.2 Å². The van der Waals surface area contributed by atoms with Crippen LogP contribution in [-0.2, 0) is 0 Å². The molecule has 0 amide bonds. The Morgan fingerprint density at radius 2 is 1.79 bits per heavy atom. The van der Waals surface area contributed by atoms with Crippen LogP contribution < -0.4 is 10.1 Å². The lowest BCUT2D eigenvalue weighted by Gasteiger charge is -2.31.